The molecule has 1 aliphatic rings. The van der Waals surface area contributed by atoms with Gasteiger partial charge in [-0.1, -0.05) is 92.1 Å². The van der Waals surface area contributed by atoms with Crippen molar-refractivity contribution in [3.63, 3.8) is 0 Å². The Hall–Kier alpha value is -3.84. The maximum absolute atomic E-state index is 14.1. The van der Waals surface area contributed by atoms with Crippen LogP contribution in [0, 0.1) is 0 Å². The molecule has 2 amide bonds. The Labute approximate surface area is 256 Å². The normalized spacial score (nSPS) is 14.2. The Kier molecular flexibility index (Phi) is 10.1. The molecule has 0 radical (unpaired) electrons. The summed E-state index contributed by atoms with van der Waals surface area (Å²) < 4.78 is 12.3. The molecule has 0 saturated heterocycles. The standard InChI is InChI=1S/C35H37BrN2O4/c1-41-29-17-10-13-26(21-29)23-38(33(39)24-42-32-20-19-27-14-8-9-18-30(27)34(32)36)31(22-25-11-4-2-5-12-25)35(40)37-28-15-6-3-7-16-28/h2,4-5,8-14,17-21,28,31H,3,6-7,15-16,22-24H2,1H3,(H,37,40)/t31-/m0/s1. The van der Waals surface area contributed by atoms with Crippen molar-refractivity contribution in [2.45, 2.75) is 57.2 Å². The topological polar surface area (TPSA) is 67.9 Å². The van der Waals surface area contributed by atoms with Gasteiger partial charge in [0, 0.05) is 19.0 Å². The lowest BCUT2D eigenvalue weighted by atomic mass is 9.94. The Morgan fingerprint density at radius 1 is 0.905 bits per heavy atom. The fraction of sp³-hybridized carbons (Fsp3) is 0.314. The SMILES string of the molecule is COc1cccc(CN(C(=O)COc2ccc3ccccc3c2Br)[C@@H](Cc2ccccc2)C(=O)NC2CCCCC2)c1. The van der Waals surface area contributed by atoms with E-state index in [0.717, 1.165) is 52.1 Å². The summed E-state index contributed by atoms with van der Waals surface area (Å²) in [5.41, 5.74) is 1.86. The van der Waals surface area contributed by atoms with Crippen molar-refractivity contribution in [1.29, 1.82) is 0 Å². The van der Waals surface area contributed by atoms with Gasteiger partial charge in [-0.05, 0) is 68.9 Å². The number of ether oxygens (including phenoxy) is 2. The molecule has 0 aromatic heterocycles. The summed E-state index contributed by atoms with van der Waals surface area (Å²) in [7, 11) is 1.62. The van der Waals surface area contributed by atoms with Crippen LogP contribution in [-0.4, -0.2) is 42.5 Å². The van der Waals surface area contributed by atoms with Crippen LogP contribution in [0.15, 0.2) is 95.5 Å². The van der Waals surface area contributed by atoms with Crippen LogP contribution >= 0.6 is 15.9 Å². The zero-order valence-electron chi connectivity index (χ0n) is 23.9. The lowest BCUT2D eigenvalue weighted by Gasteiger charge is -2.33. The molecule has 42 heavy (non-hydrogen) atoms. The molecule has 0 bridgehead atoms. The van der Waals surface area contributed by atoms with Crippen LogP contribution in [0.1, 0.15) is 43.2 Å². The summed E-state index contributed by atoms with van der Waals surface area (Å²) in [5.74, 6) is 0.878. The first-order valence-corrected chi connectivity index (χ1v) is 15.4. The van der Waals surface area contributed by atoms with Crippen LogP contribution in [0.4, 0.5) is 0 Å². The van der Waals surface area contributed by atoms with Crippen molar-refractivity contribution in [2.24, 2.45) is 0 Å². The van der Waals surface area contributed by atoms with E-state index in [1.807, 2.05) is 91.0 Å². The average molecular weight is 630 g/mol. The van der Waals surface area contributed by atoms with Crippen LogP contribution in [0.3, 0.4) is 0 Å². The molecule has 0 unspecified atom stereocenters. The summed E-state index contributed by atoms with van der Waals surface area (Å²) in [6, 6.07) is 28.7. The third-order valence-electron chi connectivity index (χ3n) is 7.89. The quantitative estimate of drug-likeness (QED) is 0.193. The van der Waals surface area contributed by atoms with Gasteiger partial charge in [-0.3, -0.25) is 9.59 Å². The van der Waals surface area contributed by atoms with Crippen molar-refractivity contribution >= 4 is 38.5 Å². The molecule has 0 heterocycles. The highest BCUT2D eigenvalue weighted by molar-refractivity contribution is 9.10. The molecule has 4 aromatic carbocycles. The number of halogens is 1. The summed E-state index contributed by atoms with van der Waals surface area (Å²) in [6.07, 6.45) is 5.74. The minimum atomic E-state index is -0.711. The average Bonchev–Trinajstić information content (AvgIpc) is 3.03. The zero-order valence-corrected chi connectivity index (χ0v) is 25.5. The first-order chi connectivity index (χ1) is 20.5. The molecule has 218 valence electrons. The van der Waals surface area contributed by atoms with Gasteiger partial charge in [-0.25, -0.2) is 0 Å². The van der Waals surface area contributed by atoms with E-state index < -0.39 is 6.04 Å². The predicted octanol–water partition coefficient (Wildman–Crippen LogP) is 7.08. The van der Waals surface area contributed by atoms with Gasteiger partial charge in [-0.15, -0.1) is 0 Å². The molecule has 7 heteroatoms. The van der Waals surface area contributed by atoms with Crippen LogP contribution in [-0.2, 0) is 22.6 Å². The molecule has 0 spiro atoms. The molecular formula is C35H37BrN2O4. The van der Waals surface area contributed by atoms with Crippen molar-refractivity contribution in [3.05, 3.63) is 107 Å². The van der Waals surface area contributed by atoms with Crippen molar-refractivity contribution in [3.8, 4) is 11.5 Å². The number of hydrogen-bond donors (Lipinski definition) is 1. The number of nitrogens with one attached hydrogen (secondary N) is 1. The van der Waals surface area contributed by atoms with Gasteiger partial charge in [0.15, 0.2) is 6.61 Å². The van der Waals surface area contributed by atoms with Gasteiger partial charge in [0.2, 0.25) is 5.91 Å². The van der Waals surface area contributed by atoms with Crippen LogP contribution in [0.2, 0.25) is 0 Å². The fourth-order valence-electron chi connectivity index (χ4n) is 5.61. The van der Waals surface area contributed by atoms with E-state index in [1.54, 1.807) is 12.0 Å². The maximum atomic E-state index is 14.1. The van der Waals surface area contributed by atoms with Gasteiger partial charge in [-0.2, -0.15) is 0 Å². The van der Waals surface area contributed by atoms with Gasteiger partial charge >= 0.3 is 0 Å². The van der Waals surface area contributed by atoms with Crippen molar-refractivity contribution in [1.82, 2.24) is 10.2 Å². The molecular weight excluding hydrogens is 592 g/mol. The van der Waals surface area contributed by atoms with E-state index >= 15 is 0 Å². The lowest BCUT2D eigenvalue weighted by Crippen LogP contribution is -2.53. The van der Waals surface area contributed by atoms with Crippen LogP contribution in [0.5, 0.6) is 11.5 Å². The van der Waals surface area contributed by atoms with E-state index in [4.69, 9.17) is 9.47 Å². The second-order valence-electron chi connectivity index (χ2n) is 10.8. The number of hydrogen-bond acceptors (Lipinski definition) is 4. The maximum Gasteiger partial charge on any atom is 0.261 e. The fourth-order valence-corrected chi connectivity index (χ4v) is 6.22. The van der Waals surface area contributed by atoms with E-state index in [0.29, 0.717) is 17.9 Å². The molecule has 1 N–H and O–H groups in total. The Bertz CT molecular complexity index is 1500. The van der Waals surface area contributed by atoms with Crippen LogP contribution in [0.25, 0.3) is 10.8 Å². The Balaban J connectivity index is 1.44. The number of carbonyl (C=O) groups excluding carboxylic acids is 2. The van der Waals surface area contributed by atoms with E-state index in [1.165, 1.54) is 6.42 Å². The molecule has 5 rings (SSSR count). The molecule has 6 nitrogen and oxygen atoms in total. The number of benzene rings is 4. The highest BCUT2D eigenvalue weighted by Gasteiger charge is 2.32. The highest BCUT2D eigenvalue weighted by Crippen LogP contribution is 2.33. The monoisotopic (exact) mass is 628 g/mol. The summed E-state index contributed by atoms with van der Waals surface area (Å²) >= 11 is 3.66. The van der Waals surface area contributed by atoms with E-state index in [-0.39, 0.29) is 31.0 Å². The number of amides is 2. The number of rotatable bonds is 11. The van der Waals surface area contributed by atoms with Crippen LogP contribution < -0.4 is 14.8 Å². The van der Waals surface area contributed by atoms with Gasteiger partial charge in [0.1, 0.15) is 17.5 Å². The second kappa shape index (κ2) is 14.4. The summed E-state index contributed by atoms with van der Waals surface area (Å²) in [6.45, 7) is 0.0385. The third-order valence-corrected chi connectivity index (χ3v) is 8.71. The zero-order chi connectivity index (χ0) is 29.3. The largest absolute Gasteiger partial charge is 0.497 e. The number of fused-ring (bicyclic) bond motifs is 1. The Morgan fingerprint density at radius 3 is 2.43 bits per heavy atom. The highest BCUT2D eigenvalue weighted by atomic mass is 79.9. The third kappa shape index (κ3) is 7.51. The van der Waals surface area contributed by atoms with Gasteiger partial charge in [0.05, 0.1) is 11.6 Å². The first-order valence-electron chi connectivity index (χ1n) is 14.6. The van der Waals surface area contributed by atoms with Crippen molar-refractivity contribution < 1.29 is 19.1 Å². The predicted molar refractivity (Wildman–Crippen MR) is 170 cm³/mol. The van der Waals surface area contributed by atoms with Crippen molar-refractivity contribution in [2.75, 3.05) is 13.7 Å². The molecule has 4 aromatic rings. The molecule has 1 fully saturated rings. The minimum Gasteiger partial charge on any atom is -0.497 e. The number of carbonyl (C=O) groups is 2. The smallest absolute Gasteiger partial charge is 0.261 e. The molecule has 1 saturated carbocycles. The van der Waals surface area contributed by atoms with Gasteiger partial charge in [0.25, 0.3) is 5.91 Å². The molecule has 1 aliphatic carbocycles. The van der Waals surface area contributed by atoms with Gasteiger partial charge < -0.3 is 19.7 Å². The number of methoxy groups -OCH3 is 1. The minimum absolute atomic E-state index is 0.128. The first kappa shape index (κ1) is 29.6. The lowest BCUT2D eigenvalue weighted by molar-refractivity contribution is -0.143. The molecule has 1 atom stereocenters. The number of nitrogens with zero attached hydrogens (tertiary/aromatic N) is 1. The summed E-state index contributed by atoms with van der Waals surface area (Å²) in [4.78, 5) is 29.7. The molecule has 0 aliphatic heterocycles. The van der Waals surface area contributed by atoms with E-state index in [9.17, 15) is 9.59 Å². The second-order valence-corrected chi connectivity index (χ2v) is 11.6. The Morgan fingerprint density at radius 2 is 1.64 bits per heavy atom. The van der Waals surface area contributed by atoms with E-state index in [2.05, 4.69) is 21.2 Å². The summed E-state index contributed by atoms with van der Waals surface area (Å²) in [5, 5.41) is 5.36.